The van der Waals surface area contributed by atoms with E-state index in [0.717, 1.165) is 38.9 Å². The summed E-state index contributed by atoms with van der Waals surface area (Å²) in [5, 5.41) is 9.05. The van der Waals surface area contributed by atoms with E-state index in [1.54, 1.807) is 0 Å². The average Bonchev–Trinajstić information content (AvgIpc) is 2.97. The van der Waals surface area contributed by atoms with Gasteiger partial charge >= 0.3 is 5.97 Å². The van der Waals surface area contributed by atoms with Gasteiger partial charge in [0.05, 0.1) is 5.92 Å². The van der Waals surface area contributed by atoms with Crippen LogP contribution in [-0.2, 0) is 9.59 Å². The highest BCUT2D eigenvalue weighted by molar-refractivity contribution is 5.81. The molecule has 2 rings (SSSR count). The lowest BCUT2D eigenvalue weighted by molar-refractivity contribution is -0.141. The smallest absolute Gasteiger partial charge is 0.306 e. The van der Waals surface area contributed by atoms with Crippen molar-refractivity contribution in [1.29, 1.82) is 0 Å². The van der Waals surface area contributed by atoms with Crippen molar-refractivity contribution >= 4 is 11.9 Å². The van der Waals surface area contributed by atoms with Crippen LogP contribution in [0.3, 0.4) is 0 Å². The minimum atomic E-state index is -0.749. The number of hydrogen-bond acceptors (Lipinski definition) is 3. The molecule has 2 aliphatic rings. The van der Waals surface area contributed by atoms with Gasteiger partial charge in [-0.2, -0.15) is 0 Å². The molecule has 1 aliphatic heterocycles. The Hall–Kier alpha value is -1.10. The molecule has 1 heterocycles. The molecule has 0 aromatic carbocycles. The van der Waals surface area contributed by atoms with Crippen LogP contribution in [0.25, 0.3) is 0 Å². The molecule has 2 atom stereocenters. The van der Waals surface area contributed by atoms with E-state index < -0.39 is 5.97 Å². The summed E-state index contributed by atoms with van der Waals surface area (Å²) in [6, 6.07) is 0.328. The lowest BCUT2D eigenvalue weighted by Gasteiger charge is -2.37. The second-order valence-corrected chi connectivity index (χ2v) is 6.57. The zero-order valence-electron chi connectivity index (χ0n) is 13.3. The maximum absolute atomic E-state index is 12.5. The summed E-state index contributed by atoms with van der Waals surface area (Å²) in [4.78, 5) is 27.9. The molecule has 5 heteroatoms. The van der Waals surface area contributed by atoms with Crippen molar-refractivity contribution in [2.45, 2.75) is 51.5 Å². The summed E-state index contributed by atoms with van der Waals surface area (Å²) in [6.45, 7) is 5.48. The first-order valence-corrected chi connectivity index (χ1v) is 8.24. The van der Waals surface area contributed by atoms with Gasteiger partial charge in [-0.15, -0.1) is 0 Å². The van der Waals surface area contributed by atoms with Crippen LogP contribution < -0.4 is 0 Å². The molecule has 0 aromatic rings. The lowest BCUT2D eigenvalue weighted by atomic mass is 9.99. The van der Waals surface area contributed by atoms with Crippen LogP contribution in [-0.4, -0.2) is 59.5 Å². The first-order chi connectivity index (χ1) is 10.0. The van der Waals surface area contributed by atoms with Gasteiger partial charge in [0.15, 0.2) is 0 Å². The lowest BCUT2D eigenvalue weighted by Crippen LogP contribution is -2.47. The number of piperidine rings is 1. The number of carbonyl (C=O) groups excluding carboxylic acids is 1. The molecule has 1 saturated carbocycles. The van der Waals surface area contributed by atoms with E-state index in [1.165, 1.54) is 6.42 Å². The number of nitrogens with zero attached hydrogens (tertiary/aromatic N) is 2. The van der Waals surface area contributed by atoms with E-state index in [0.29, 0.717) is 18.9 Å². The maximum atomic E-state index is 12.5. The normalized spacial score (nSPS) is 27.7. The van der Waals surface area contributed by atoms with Gasteiger partial charge < -0.3 is 14.9 Å². The second kappa shape index (κ2) is 7.25. The number of carboxylic acids is 1. The summed E-state index contributed by atoms with van der Waals surface area (Å²) in [6.07, 6.45) is 5.16. The predicted octanol–water partition coefficient (Wildman–Crippen LogP) is 1.82. The number of amides is 1. The van der Waals surface area contributed by atoms with Crippen LogP contribution in [0.1, 0.15) is 45.4 Å². The molecule has 0 bridgehead atoms. The van der Waals surface area contributed by atoms with E-state index in [1.807, 2.05) is 11.9 Å². The Bertz CT molecular complexity index is 378. The van der Waals surface area contributed by atoms with Crippen molar-refractivity contribution in [3.8, 4) is 0 Å². The topological polar surface area (TPSA) is 60.9 Å². The zero-order valence-corrected chi connectivity index (χ0v) is 13.3. The van der Waals surface area contributed by atoms with Gasteiger partial charge in [0.1, 0.15) is 0 Å². The molecule has 0 aromatic heterocycles. The average molecular weight is 296 g/mol. The monoisotopic (exact) mass is 296 g/mol. The van der Waals surface area contributed by atoms with E-state index in [4.69, 9.17) is 5.11 Å². The van der Waals surface area contributed by atoms with Crippen molar-refractivity contribution in [1.82, 2.24) is 9.80 Å². The Balaban J connectivity index is 1.82. The van der Waals surface area contributed by atoms with Crippen LogP contribution in [0.4, 0.5) is 0 Å². The van der Waals surface area contributed by atoms with Gasteiger partial charge in [-0.05, 0) is 45.1 Å². The van der Waals surface area contributed by atoms with Crippen LogP contribution in [0.15, 0.2) is 0 Å². The van der Waals surface area contributed by atoms with Gasteiger partial charge in [-0.25, -0.2) is 0 Å². The number of carboxylic acid groups (broad SMARTS) is 1. The molecule has 5 nitrogen and oxygen atoms in total. The molecule has 0 radical (unpaired) electrons. The second-order valence-electron chi connectivity index (χ2n) is 6.57. The standard InChI is InChI=1S/C16H28N2O3/c1-3-8-18-9-6-14(7-10-18)17(2)15(19)12-4-5-13(11-12)16(20)21/h12-14H,3-11H2,1-2H3,(H,20,21)/t12-,13+/m1/s1. The van der Waals surface area contributed by atoms with Gasteiger partial charge in [0.2, 0.25) is 5.91 Å². The van der Waals surface area contributed by atoms with Crippen LogP contribution in [0, 0.1) is 11.8 Å². The molecule has 1 amide bonds. The van der Waals surface area contributed by atoms with Gasteiger partial charge in [-0.3, -0.25) is 9.59 Å². The highest BCUT2D eigenvalue weighted by Crippen LogP contribution is 2.33. The molecule has 1 saturated heterocycles. The molecular formula is C16H28N2O3. The number of hydrogen-bond donors (Lipinski definition) is 1. The molecule has 1 aliphatic carbocycles. The Labute approximate surface area is 127 Å². The molecule has 120 valence electrons. The summed E-state index contributed by atoms with van der Waals surface area (Å²) in [7, 11) is 1.90. The molecule has 0 unspecified atom stereocenters. The Morgan fingerprint density at radius 1 is 1.14 bits per heavy atom. The highest BCUT2D eigenvalue weighted by atomic mass is 16.4. The van der Waals surface area contributed by atoms with Crippen molar-refractivity contribution in [2.24, 2.45) is 11.8 Å². The van der Waals surface area contributed by atoms with Crippen LogP contribution in [0.2, 0.25) is 0 Å². The fourth-order valence-corrected chi connectivity index (χ4v) is 3.74. The Morgan fingerprint density at radius 2 is 1.76 bits per heavy atom. The van der Waals surface area contributed by atoms with Gasteiger partial charge in [-0.1, -0.05) is 6.92 Å². The number of likely N-dealkylation sites (tertiary alicyclic amines) is 1. The summed E-state index contributed by atoms with van der Waals surface area (Å²) in [5.74, 6) is -0.989. The fourth-order valence-electron chi connectivity index (χ4n) is 3.74. The Kier molecular flexibility index (Phi) is 5.62. The minimum Gasteiger partial charge on any atom is -0.481 e. The number of aliphatic carboxylic acids is 1. The molecular weight excluding hydrogens is 268 g/mol. The Morgan fingerprint density at radius 3 is 2.29 bits per heavy atom. The van der Waals surface area contributed by atoms with Crippen molar-refractivity contribution in [3.63, 3.8) is 0 Å². The predicted molar refractivity (Wildman–Crippen MR) is 81.0 cm³/mol. The van der Waals surface area contributed by atoms with E-state index in [2.05, 4.69) is 11.8 Å². The highest BCUT2D eigenvalue weighted by Gasteiger charge is 2.37. The first-order valence-electron chi connectivity index (χ1n) is 8.24. The van der Waals surface area contributed by atoms with Crippen molar-refractivity contribution in [3.05, 3.63) is 0 Å². The molecule has 0 spiro atoms. The SMILES string of the molecule is CCCN1CCC(N(C)C(=O)[C@@H]2CC[C@H](C(=O)O)C2)CC1. The van der Waals surface area contributed by atoms with Crippen molar-refractivity contribution < 1.29 is 14.7 Å². The largest absolute Gasteiger partial charge is 0.481 e. The number of rotatable bonds is 5. The van der Waals surface area contributed by atoms with Crippen LogP contribution in [0.5, 0.6) is 0 Å². The summed E-state index contributed by atoms with van der Waals surface area (Å²) < 4.78 is 0. The minimum absolute atomic E-state index is 0.0789. The molecule has 21 heavy (non-hydrogen) atoms. The number of carbonyl (C=O) groups is 2. The van der Waals surface area contributed by atoms with E-state index in [9.17, 15) is 9.59 Å². The first kappa shape index (κ1) is 16.3. The third-order valence-corrected chi connectivity index (χ3v) is 5.12. The summed E-state index contributed by atoms with van der Waals surface area (Å²) >= 11 is 0. The van der Waals surface area contributed by atoms with Crippen LogP contribution >= 0.6 is 0 Å². The van der Waals surface area contributed by atoms with Gasteiger partial charge in [0, 0.05) is 32.1 Å². The van der Waals surface area contributed by atoms with Crippen molar-refractivity contribution in [2.75, 3.05) is 26.7 Å². The van der Waals surface area contributed by atoms with E-state index in [-0.39, 0.29) is 17.7 Å². The maximum Gasteiger partial charge on any atom is 0.306 e. The summed E-state index contributed by atoms with van der Waals surface area (Å²) in [5.41, 5.74) is 0. The fraction of sp³-hybridized carbons (Fsp3) is 0.875. The molecule has 1 N–H and O–H groups in total. The van der Waals surface area contributed by atoms with Gasteiger partial charge in [0.25, 0.3) is 0 Å². The third kappa shape index (κ3) is 3.96. The zero-order chi connectivity index (χ0) is 15.4. The quantitative estimate of drug-likeness (QED) is 0.840. The van der Waals surface area contributed by atoms with E-state index >= 15 is 0 Å². The molecule has 2 fully saturated rings. The third-order valence-electron chi connectivity index (χ3n) is 5.12.